The van der Waals surface area contributed by atoms with E-state index in [1.54, 1.807) is 13.0 Å². The zero-order valence-corrected chi connectivity index (χ0v) is 12.7. The molecule has 0 fully saturated rings. The summed E-state index contributed by atoms with van der Waals surface area (Å²) in [4.78, 5) is 25.0. The van der Waals surface area contributed by atoms with Crippen LogP contribution < -0.4 is 5.06 Å². The SMILES string of the molecule is CC1C2=C(CN(C(=O)O)C=C2)C(=O)C(Cc2ccccc2)[NH+]1[O-]. The summed E-state index contributed by atoms with van der Waals surface area (Å²) in [5.74, 6) is -0.248. The molecule has 0 aromatic heterocycles. The van der Waals surface area contributed by atoms with Gasteiger partial charge in [0, 0.05) is 23.8 Å². The number of carbonyl (C=O) groups is 2. The highest BCUT2D eigenvalue weighted by atomic mass is 16.5. The van der Waals surface area contributed by atoms with Gasteiger partial charge in [-0.05, 0) is 18.6 Å². The Balaban J connectivity index is 1.90. The number of rotatable bonds is 2. The van der Waals surface area contributed by atoms with Crippen molar-refractivity contribution in [2.45, 2.75) is 25.4 Å². The number of hydrogen-bond acceptors (Lipinski definition) is 3. The Morgan fingerprint density at radius 1 is 1.39 bits per heavy atom. The van der Waals surface area contributed by atoms with E-state index in [1.807, 2.05) is 30.3 Å². The number of nitrogens with zero attached hydrogens (tertiary/aromatic N) is 1. The van der Waals surface area contributed by atoms with E-state index in [1.165, 1.54) is 6.20 Å². The summed E-state index contributed by atoms with van der Waals surface area (Å²) < 4.78 is 0. The predicted octanol–water partition coefficient (Wildman–Crippen LogP) is 0.756. The molecule has 3 atom stereocenters. The maximum Gasteiger partial charge on any atom is 0.411 e. The van der Waals surface area contributed by atoms with Gasteiger partial charge in [0.2, 0.25) is 5.78 Å². The Morgan fingerprint density at radius 2 is 2.09 bits per heavy atom. The number of carbonyl (C=O) groups excluding carboxylic acids is 1. The van der Waals surface area contributed by atoms with Crippen LogP contribution in [0, 0.1) is 5.21 Å². The quantitative estimate of drug-likeness (QED) is 0.789. The normalized spacial score (nSPS) is 27.1. The third-order valence-electron chi connectivity index (χ3n) is 4.49. The number of Topliss-reactive ketones (excluding diaryl/α,β-unsaturated/α-hetero) is 1. The van der Waals surface area contributed by atoms with Gasteiger partial charge in [0.05, 0.1) is 6.54 Å². The molecule has 3 rings (SSSR count). The van der Waals surface area contributed by atoms with Crippen LogP contribution in [0.25, 0.3) is 0 Å². The molecule has 1 aromatic carbocycles. The van der Waals surface area contributed by atoms with Gasteiger partial charge < -0.3 is 15.4 Å². The van der Waals surface area contributed by atoms with Crippen molar-refractivity contribution in [1.82, 2.24) is 4.90 Å². The Morgan fingerprint density at radius 3 is 2.74 bits per heavy atom. The lowest BCUT2D eigenvalue weighted by atomic mass is 9.85. The van der Waals surface area contributed by atoms with Crippen molar-refractivity contribution in [2.75, 3.05) is 6.54 Å². The van der Waals surface area contributed by atoms with Crippen molar-refractivity contribution in [3.8, 4) is 0 Å². The Hall–Kier alpha value is -2.44. The molecular weight excluding hydrogens is 296 g/mol. The molecule has 120 valence electrons. The molecule has 0 saturated carbocycles. The van der Waals surface area contributed by atoms with E-state index < -0.39 is 12.1 Å². The highest BCUT2D eigenvalue weighted by Crippen LogP contribution is 2.23. The second-order valence-electron chi connectivity index (χ2n) is 5.89. The summed E-state index contributed by atoms with van der Waals surface area (Å²) in [6, 6.07) is 8.29. The van der Waals surface area contributed by atoms with Crippen LogP contribution in [0.5, 0.6) is 0 Å². The second kappa shape index (κ2) is 5.98. The summed E-state index contributed by atoms with van der Waals surface area (Å²) in [5, 5.41) is 21.6. The summed E-state index contributed by atoms with van der Waals surface area (Å²) in [5.41, 5.74) is 2.03. The van der Waals surface area contributed by atoms with Gasteiger partial charge in [0.15, 0.2) is 6.04 Å². The van der Waals surface area contributed by atoms with Gasteiger partial charge in [-0.3, -0.25) is 9.69 Å². The predicted molar refractivity (Wildman–Crippen MR) is 83.6 cm³/mol. The monoisotopic (exact) mass is 314 g/mol. The first kappa shape index (κ1) is 15.5. The number of amides is 1. The van der Waals surface area contributed by atoms with E-state index >= 15 is 0 Å². The number of hydroxylamine groups is 2. The molecule has 2 N–H and O–H groups in total. The summed E-state index contributed by atoms with van der Waals surface area (Å²) in [6.45, 7) is 1.80. The van der Waals surface area contributed by atoms with Gasteiger partial charge in [-0.25, -0.2) is 4.79 Å². The minimum absolute atomic E-state index is 0.0168. The van der Waals surface area contributed by atoms with Crippen LogP contribution >= 0.6 is 0 Å². The van der Waals surface area contributed by atoms with Crippen LogP contribution in [0.4, 0.5) is 4.79 Å². The van der Waals surface area contributed by atoms with Gasteiger partial charge in [-0.1, -0.05) is 30.3 Å². The van der Waals surface area contributed by atoms with E-state index in [4.69, 9.17) is 5.11 Å². The second-order valence-corrected chi connectivity index (χ2v) is 5.89. The molecule has 6 heteroatoms. The maximum absolute atomic E-state index is 12.8. The van der Waals surface area contributed by atoms with E-state index in [9.17, 15) is 14.8 Å². The first-order chi connectivity index (χ1) is 11.0. The molecule has 2 aliphatic rings. The van der Waals surface area contributed by atoms with Crippen molar-refractivity contribution >= 4 is 11.9 Å². The maximum atomic E-state index is 12.8. The fourth-order valence-corrected chi connectivity index (χ4v) is 3.18. The molecule has 2 heterocycles. The van der Waals surface area contributed by atoms with Crippen molar-refractivity contribution in [1.29, 1.82) is 0 Å². The van der Waals surface area contributed by atoms with Crippen molar-refractivity contribution in [3.05, 3.63) is 64.5 Å². The van der Waals surface area contributed by atoms with Crippen molar-refractivity contribution in [2.24, 2.45) is 0 Å². The summed E-state index contributed by atoms with van der Waals surface area (Å²) >= 11 is 0. The molecular formula is C17H18N2O4. The number of hydrogen-bond donors (Lipinski definition) is 2. The first-order valence-electron chi connectivity index (χ1n) is 7.51. The molecule has 2 aliphatic heterocycles. The number of carboxylic acid groups (broad SMARTS) is 1. The van der Waals surface area contributed by atoms with Crippen LogP contribution in [-0.2, 0) is 11.2 Å². The minimum Gasteiger partial charge on any atom is -0.633 e. The summed E-state index contributed by atoms with van der Waals surface area (Å²) in [6.07, 6.45) is 2.24. The third kappa shape index (κ3) is 2.78. The van der Waals surface area contributed by atoms with Gasteiger partial charge in [0.1, 0.15) is 6.04 Å². The highest BCUT2D eigenvalue weighted by Gasteiger charge is 2.40. The van der Waals surface area contributed by atoms with Crippen LogP contribution in [0.3, 0.4) is 0 Å². The lowest BCUT2D eigenvalue weighted by molar-refractivity contribution is -0.884. The average molecular weight is 314 g/mol. The molecule has 0 radical (unpaired) electrons. The molecule has 3 unspecified atom stereocenters. The van der Waals surface area contributed by atoms with Crippen molar-refractivity contribution in [3.63, 3.8) is 0 Å². The average Bonchev–Trinajstić information content (AvgIpc) is 2.57. The molecule has 6 nitrogen and oxygen atoms in total. The zero-order valence-electron chi connectivity index (χ0n) is 12.7. The molecule has 0 bridgehead atoms. The van der Waals surface area contributed by atoms with Gasteiger partial charge >= 0.3 is 6.09 Å². The Kier molecular flexibility index (Phi) is 4.02. The van der Waals surface area contributed by atoms with E-state index in [2.05, 4.69) is 0 Å². The van der Waals surface area contributed by atoms with Crippen molar-refractivity contribution < 1.29 is 19.8 Å². The Bertz CT molecular complexity index is 696. The minimum atomic E-state index is -1.11. The van der Waals surface area contributed by atoms with E-state index in [-0.39, 0.29) is 23.4 Å². The van der Waals surface area contributed by atoms with E-state index in [0.29, 0.717) is 17.6 Å². The number of quaternary nitrogens is 1. The molecule has 1 amide bonds. The van der Waals surface area contributed by atoms with E-state index in [0.717, 1.165) is 10.5 Å². The number of benzene rings is 1. The van der Waals surface area contributed by atoms with Gasteiger partial charge in [0.25, 0.3) is 0 Å². The highest BCUT2D eigenvalue weighted by molar-refractivity contribution is 6.01. The smallest absolute Gasteiger partial charge is 0.411 e. The number of ketones is 1. The standard InChI is InChI=1S/C17H18N2O4/c1-11-13-7-8-18(17(21)22)10-14(13)16(20)15(19(11)23)9-12-5-3-2-4-6-12/h2-8,11,15,19H,9-10H2,1H3,(H,21,22). The third-order valence-corrected chi connectivity index (χ3v) is 4.49. The molecule has 0 aliphatic carbocycles. The Labute approximate surface area is 133 Å². The lowest BCUT2D eigenvalue weighted by Crippen LogP contribution is -3.17. The van der Waals surface area contributed by atoms with Gasteiger partial charge in [-0.2, -0.15) is 0 Å². The molecule has 0 saturated heterocycles. The summed E-state index contributed by atoms with van der Waals surface area (Å²) in [7, 11) is 0. The molecule has 1 aromatic rings. The van der Waals surface area contributed by atoms with Gasteiger partial charge in [-0.15, -0.1) is 0 Å². The van der Waals surface area contributed by atoms with Crippen LogP contribution in [0.1, 0.15) is 12.5 Å². The van der Waals surface area contributed by atoms with Crippen LogP contribution in [0.15, 0.2) is 53.8 Å². The number of nitrogens with one attached hydrogen (secondary N) is 1. The lowest BCUT2D eigenvalue weighted by Gasteiger charge is -2.42. The fraction of sp³-hybridized carbons (Fsp3) is 0.294. The fourth-order valence-electron chi connectivity index (χ4n) is 3.18. The first-order valence-corrected chi connectivity index (χ1v) is 7.51. The largest absolute Gasteiger partial charge is 0.633 e. The molecule has 23 heavy (non-hydrogen) atoms. The zero-order chi connectivity index (χ0) is 16.6. The topological polar surface area (TPSA) is 85.1 Å². The van der Waals surface area contributed by atoms with Crippen LogP contribution in [0.2, 0.25) is 0 Å². The van der Waals surface area contributed by atoms with Crippen LogP contribution in [-0.4, -0.2) is 40.5 Å². The molecule has 0 spiro atoms.